The third-order valence-corrected chi connectivity index (χ3v) is 14.0. The minimum absolute atomic E-state index is 0.256. The summed E-state index contributed by atoms with van der Waals surface area (Å²) in [6, 6.07) is 85.1. The Hall–Kier alpha value is -7.52. The number of hydrogen-bond acceptors (Lipinski definition) is 1. The lowest BCUT2D eigenvalue weighted by Crippen LogP contribution is -2.05. The van der Waals surface area contributed by atoms with Gasteiger partial charge in [-0.1, -0.05) is 182 Å². The predicted molar refractivity (Wildman–Crippen MR) is 266 cm³/mol. The van der Waals surface area contributed by atoms with E-state index in [0.717, 1.165) is 6.42 Å². The largest absolute Gasteiger partial charge is 0.309 e. The van der Waals surface area contributed by atoms with Crippen LogP contribution in [0.2, 0.25) is 0 Å². The van der Waals surface area contributed by atoms with E-state index in [-0.39, 0.29) is 5.92 Å². The molecular formula is C60H41NS. The van der Waals surface area contributed by atoms with E-state index in [0.29, 0.717) is 0 Å². The van der Waals surface area contributed by atoms with Crippen LogP contribution in [0.3, 0.4) is 0 Å². The van der Waals surface area contributed by atoms with Crippen LogP contribution in [0.5, 0.6) is 0 Å². The summed E-state index contributed by atoms with van der Waals surface area (Å²) >= 11 is 1.90. The number of benzene rings is 10. The zero-order chi connectivity index (χ0) is 41.0. The number of aromatic nitrogens is 1. The molecule has 12 rings (SSSR count). The van der Waals surface area contributed by atoms with Crippen molar-refractivity contribution in [1.29, 1.82) is 0 Å². The summed E-state index contributed by atoms with van der Waals surface area (Å²) in [6.45, 7) is 0. The molecule has 0 aliphatic heterocycles. The van der Waals surface area contributed by atoms with Crippen molar-refractivity contribution in [1.82, 2.24) is 4.57 Å². The highest BCUT2D eigenvalue weighted by Crippen LogP contribution is 2.43. The smallest absolute Gasteiger partial charge is 0.0547 e. The van der Waals surface area contributed by atoms with Gasteiger partial charge in [-0.15, -0.1) is 11.3 Å². The van der Waals surface area contributed by atoms with Gasteiger partial charge in [0.1, 0.15) is 0 Å². The first-order chi connectivity index (χ1) is 30.7. The van der Waals surface area contributed by atoms with Crippen molar-refractivity contribution in [3.63, 3.8) is 0 Å². The second-order valence-electron chi connectivity index (χ2n) is 16.5. The highest BCUT2D eigenvalue weighted by Gasteiger charge is 2.18. The fourth-order valence-corrected chi connectivity index (χ4v) is 10.9. The first kappa shape index (κ1) is 36.3. The van der Waals surface area contributed by atoms with Gasteiger partial charge < -0.3 is 4.57 Å². The highest BCUT2D eigenvalue weighted by atomic mass is 32.1. The molecule has 292 valence electrons. The summed E-state index contributed by atoms with van der Waals surface area (Å²) in [5.41, 5.74) is 15.0. The van der Waals surface area contributed by atoms with E-state index in [4.69, 9.17) is 0 Å². The summed E-state index contributed by atoms with van der Waals surface area (Å²) in [5, 5.41) is 7.78. The van der Waals surface area contributed by atoms with Crippen molar-refractivity contribution in [3.8, 4) is 39.1 Å². The normalized spacial score (nSPS) is 12.2. The van der Waals surface area contributed by atoms with E-state index in [1.165, 1.54) is 109 Å². The topological polar surface area (TPSA) is 4.93 Å². The number of thiophene rings is 1. The molecule has 62 heavy (non-hydrogen) atoms. The van der Waals surface area contributed by atoms with Crippen molar-refractivity contribution in [3.05, 3.63) is 247 Å². The van der Waals surface area contributed by atoms with Gasteiger partial charge >= 0.3 is 0 Å². The maximum atomic E-state index is 2.45. The van der Waals surface area contributed by atoms with Crippen LogP contribution in [0.1, 0.15) is 22.6 Å². The molecule has 10 aromatic carbocycles. The van der Waals surface area contributed by atoms with Gasteiger partial charge in [0, 0.05) is 47.9 Å². The van der Waals surface area contributed by atoms with Crippen LogP contribution in [0.15, 0.2) is 231 Å². The number of rotatable bonds is 8. The molecule has 2 heteroatoms. The fourth-order valence-electron chi connectivity index (χ4n) is 9.65. The molecule has 1 nitrogen and oxygen atoms in total. The monoisotopic (exact) mass is 807 g/mol. The van der Waals surface area contributed by atoms with Gasteiger partial charge in [-0.25, -0.2) is 0 Å². The third-order valence-electron chi connectivity index (χ3n) is 12.8. The zero-order valence-electron chi connectivity index (χ0n) is 34.1. The molecule has 0 amide bonds. The first-order valence-electron chi connectivity index (χ1n) is 21.5. The molecule has 1 atom stereocenters. The lowest BCUT2D eigenvalue weighted by Gasteiger charge is -2.19. The van der Waals surface area contributed by atoms with E-state index < -0.39 is 0 Å². The van der Waals surface area contributed by atoms with E-state index in [1.54, 1.807) is 0 Å². The molecule has 0 aliphatic rings. The summed E-state index contributed by atoms with van der Waals surface area (Å²) in [7, 11) is 0. The maximum Gasteiger partial charge on any atom is 0.0547 e. The minimum atomic E-state index is 0.256. The number of fused-ring (bicyclic) bond motifs is 8. The summed E-state index contributed by atoms with van der Waals surface area (Å²) < 4.78 is 5.12. The Morgan fingerprint density at radius 2 is 0.935 bits per heavy atom. The lowest BCUT2D eigenvalue weighted by molar-refractivity contribution is 0.805. The highest BCUT2D eigenvalue weighted by molar-refractivity contribution is 7.26. The molecule has 0 saturated heterocycles. The van der Waals surface area contributed by atoms with Gasteiger partial charge in [-0.3, -0.25) is 0 Å². The molecule has 2 heterocycles. The van der Waals surface area contributed by atoms with Crippen molar-refractivity contribution < 1.29 is 0 Å². The van der Waals surface area contributed by atoms with Gasteiger partial charge in [0.2, 0.25) is 0 Å². The van der Waals surface area contributed by atoms with E-state index in [2.05, 4.69) is 235 Å². The average Bonchev–Trinajstić information content (AvgIpc) is 3.89. The van der Waals surface area contributed by atoms with Crippen LogP contribution in [0, 0.1) is 0 Å². The molecule has 0 fully saturated rings. The van der Waals surface area contributed by atoms with Crippen LogP contribution < -0.4 is 0 Å². The molecule has 2 aromatic heterocycles. The molecule has 0 radical (unpaired) electrons. The van der Waals surface area contributed by atoms with Crippen LogP contribution >= 0.6 is 11.3 Å². The van der Waals surface area contributed by atoms with Gasteiger partial charge in [0.05, 0.1) is 11.0 Å². The second kappa shape index (κ2) is 15.2. The molecule has 0 aliphatic carbocycles. The number of para-hydroxylation sites is 1. The van der Waals surface area contributed by atoms with Crippen LogP contribution in [-0.2, 0) is 6.42 Å². The quantitative estimate of drug-likeness (QED) is 0.144. The van der Waals surface area contributed by atoms with E-state index in [9.17, 15) is 0 Å². The maximum absolute atomic E-state index is 2.45. The Kier molecular flexibility index (Phi) is 8.90. The third kappa shape index (κ3) is 6.39. The lowest BCUT2D eigenvalue weighted by atomic mass is 9.85. The van der Waals surface area contributed by atoms with Crippen molar-refractivity contribution in [2.24, 2.45) is 0 Å². The summed E-state index contributed by atoms with van der Waals surface area (Å²) in [4.78, 5) is 0. The van der Waals surface area contributed by atoms with Crippen LogP contribution in [-0.4, -0.2) is 4.57 Å². The SMILES string of the molecule is c1ccc(-c2ccc(C(Cc3ccc(-c4cccc(-c5ccc6c(c5)c5cc7c(ccc8c9ccccc9sc78)cc5n6-c5ccccc5)c4)cc3)c3ccccc3)cc2)cc1. The molecule has 0 N–H and O–H groups in total. The van der Waals surface area contributed by atoms with Crippen LogP contribution in [0.4, 0.5) is 0 Å². The van der Waals surface area contributed by atoms with E-state index in [1.807, 2.05) is 11.3 Å². The molecule has 0 saturated carbocycles. The van der Waals surface area contributed by atoms with Gasteiger partial charge in [0.25, 0.3) is 0 Å². The summed E-state index contributed by atoms with van der Waals surface area (Å²) in [6.07, 6.45) is 0.926. The minimum Gasteiger partial charge on any atom is -0.309 e. The first-order valence-corrected chi connectivity index (χ1v) is 22.3. The summed E-state index contributed by atoms with van der Waals surface area (Å²) in [5.74, 6) is 0.256. The Balaban J connectivity index is 0.900. The van der Waals surface area contributed by atoms with Gasteiger partial charge in [-0.05, 0) is 110 Å². The predicted octanol–water partition coefficient (Wildman–Crippen LogP) is 16.7. The Bertz CT molecular complexity index is 3560. The van der Waals surface area contributed by atoms with Gasteiger partial charge in [-0.2, -0.15) is 0 Å². The Labute approximate surface area is 365 Å². The van der Waals surface area contributed by atoms with Crippen LogP contribution in [0.25, 0.3) is 91.8 Å². The number of hydrogen-bond donors (Lipinski definition) is 0. The van der Waals surface area contributed by atoms with Crippen molar-refractivity contribution in [2.75, 3.05) is 0 Å². The average molecular weight is 808 g/mol. The van der Waals surface area contributed by atoms with Crippen molar-refractivity contribution in [2.45, 2.75) is 12.3 Å². The van der Waals surface area contributed by atoms with E-state index >= 15 is 0 Å². The fraction of sp³-hybridized carbons (Fsp3) is 0.0333. The zero-order valence-corrected chi connectivity index (χ0v) is 34.9. The molecular weight excluding hydrogens is 767 g/mol. The molecule has 0 spiro atoms. The molecule has 12 aromatic rings. The van der Waals surface area contributed by atoms with Crippen molar-refractivity contribution >= 4 is 64.1 Å². The Morgan fingerprint density at radius 3 is 1.73 bits per heavy atom. The second-order valence-corrected chi connectivity index (χ2v) is 17.5. The van der Waals surface area contributed by atoms with Gasteiger partial charge in [0.15, 0.2) is 0 Å². The molecule has 1 unspecified atom stereocenters. The molecule has 0 bridgehead atoms. The standard InChI is InChI=1S/C60H41NS/c1-4-13-41(14-5-1)42-27-29-45(30-28-42)53(44-15-6-2-7-16-44)35-40-23-25-43(26-24-40)46-17-12-18-47(36-46)48-32-34-57-55(37-48)56-39-54-49(38-58(56)61(57)50-19-8-3-9-20-50)31-33-52-51-21-10-11-22-59(51)62-60(52)54/h1-34,36-39,53H,35H2. The Morgan fingerprint density at radius 1 is 0.355 bits per heavy atom. The number of nitrogens with zero attached hydrogens (tertiary/aromatic N) is 1.